The summed E-state index contributed by atoms with van der Waals surface area (Å²) < 4.78 is 16.1. The Hall–Kier alpha value is -2.20. The molecule has 21 heavy (non-hydrogen) atoms. The first-order chi connectivity index (χ1) is 10.3. The number of methoxy groups -OCH3 is 1. The van der Waals surface area contributed by atoms with Crippen molar-refractivity contribution in [1.29, 1.82) is 0 Å². The van der Waals surface area contributed by atoms with E-state index in [1.807, 2.05) is 24.3 Å². The van der Waals surface area contributed by atoms with Crippen molar-refractivity contribution in [2.45, 2.75) is 12.3 Å². The minimum Gasteiger partial charge on any atom is -0.497 e. The lowest BCUT2D eigenvalue weighted by Crippen LogP contribution is -2.15. The second-order valence-electron chi connectivity index (χ2n) is 5.10. The lowest BCUT2D eigenvalue weighted by Gasteiger charge is -2.16. The molecule has 110 valence electrons. The summed E-state index contributed by atoms with van der Waals surface area (Å²) in [6.45, 7) is 0.874. The van der Waals surface area contributed by atoms with E-state index in [0.717, 1.165) is 23.7 Å². The van der Waals surface area contributed by atoms with Crippen LogP contribution < -0.4 is 19.9 Å². The molecule has 2 aromatic rings. The van der Waals surface area contributed by atoms with Crippen LogP contribution in [0, 0.1) is 0 Å². The van der Waals surface area contributed by atoms with Gasteiger partial charge in [0.1, 0.15) is 5.75 Å². The van der Waals surface area contributed by atoms with Crippen molar-refractivity contribution in [1.82, 2.24) is 0 Å². The molecule has 0 aliphatic carbocycles. The summed E-state index contributed by atoms with van der Waals surface area (Å²) in [5, 5.41) is 0. The van der Waals surface area contributed by atoms with Gasteiger partial charge in [0, 0.05) is 5.92 Å². The van der Waals surface area contributed by atoms with E-state index in [9.17, 15) is 0 Å². The van der Waals surface area contributed by atoms with Crippen molar-refractivity contribution in [3.05, 3.63) is 53.6 Å². The van der Waals surface area contributed by atoms with E-state index in [-0.39, 0.29) is 5.92 Å². The molecule has 0 saturated heterocycles. The molecule has 1 heterocycles. The van der Waals surface area contributed by atoms with Gasteiger partial charge in [-0.3, -0.25) is 0 Å². The lowest BCUT2D eigenvalue weighted by atomic mass is 9.92. The molecule has 4 nitrogen and oxygen atoms in total. The minimum atomic E-state index is 0.242. The fourth-order valence-electron chi connectivity index (χ4n) is 2.59. The highest BCUT2D eigenvalue weighted by Crippen LogP contribution is 2.35. The maximum absolute atomic E-state index is 5.97. The van der Waals surface area contributed by atoms with Gasteiger partial charge >= 0.3 is 0 Å². The predicted octanol–water partition coefficient (Wildman–Crippen LogP) is 2.71. The Bertz CT molecular complexity index is 627. The summed E-state index contributed by atoms with van der Waals surface area (Å²) in [5.74, 6) is 2.72. The number of hydrogen-bond donors (Lipinski definition) is 1. The number of benzene rings is 2. The summed E-state index contributed by atoms with van der Waals surface area (Å²) in [5.41, 5.74) is 8.35. The summed E-state index contributed by atoms with van der Waals surface area (Å²) in [7, 11) is 1.68. The van der Waals surface area contributed by atoms with E-state index in [1.54, 1.807) is 7.11 Å². The second kappa shape index (κ2) is 6.06. The molecule has 0 bridgehead atoms. The summed E-state index contributed by atoms with van der Waals surface area (Å²) in [4.78, 5) is 0. The zero-order valence-corrected chi connectivity index (χ0v) is 12.0. The monoisotopic (exact) mass is 285 g/mol. The van der Waals surface area contributed by atoms with Gasteiger partial charge < -0.3 is 19.9 Å². The van der Waals surface area contributed by atoms with Crippen LogP contribution in [0.2, 0.25) is 0 Å². The third-order valence-corrected chi connectivity index (χ3v) is 3.77. The Morgan fingerprint density at radius 3 is 2.81 bits per heavy atom. The molecule has 0 fully saturated rings. The number of nitrogens with two attached hydrogens (primary N) is 1. The van der Waals surface area contributed by atoms with Gasteiger partial charge in [-0.15, -0.1) is 0 Å². The molecule has 1 atom stereocenters. The molecule has 2 N–H and O–H groups in total. The van der Waals surface area contributed by atoms with Crippen molar-refractivity contribution in [2.75, 3.05) is 20.4 Å². The number of ether oxygens (including phenoxy) is 3. The zero-order chi connectivity index (χ0) is 14.7. The molecule has 4 heteroatoms. The molecular formula is C17H19NO3. The predicted molar refractivity (Wildman–Crippen MR) is 81.1 cm³/mol. The van der Waals surface area contributed by atoms with E-state index in [2.05, 4.69) is 18.2 Å². The van der Waals surface area contributed by atoms with Gasteiger partial charge in [0.2, 0.25) is 6.79 Å². The molecule has 2 aromatic carbocycles. The Morgan fingerprint density at radius 2 is 2.00 bits per heavy atom. The zero-order valence-electron chi connectivity index (χ0n) is 12.0. The smallest absolute Gasteiger partial charge is 0.231 e. The van der Waals surface area contributed by atoms with Crippen LogP contribution in [0.15, 0.2) is 42.5 Å². The van der Waals surface area contributed by atoms with Crippen LogP contribution in [0.4, 0.5) is 0 Å². The molecule has 1 aliphatic rings. The Kier molecular flexibility index (Phi) is 3.97. The van der Waals surface area contributed by atoms with Gasteiger partial charge in [0.25, 0.3) is 0 Å². The van der Waals surface area contributed by atoms with Crippen LogP contribution in [0.1, 0.15) is 17.0 Å². The normalized spacial score (nSPS) is 14.0. The first kappa shape index (κ1) is 13.8. The molecule has 0 saturated carbocycles. The third-order valence-electron chi connectivity index (χ3n) is 3.77. The van der Waals surface area contributed by atoms with Crippen LogP contribution in [0.25, 0.3) is 0 Å². The SMILES string of the molecule is COc1cccc(CC(CN)c2ccc3c(c2)OCO3)c1. The first-order valence-electron chi connectivity index (χ1n) is 7.02. The Balaban J connectivity index is 1.81. The van der Waals surface area contributed by atoms with Gasteiger partial charge in [-0.05, 0) is 48.4 Å². The fourth-order valence-corrected chi connectivity index (χ4v) is 2.59. The summed E-state index contributed by atoms with van der Waals surface area (Å²) >= 11 is 0. The summed E-state index contributed by atoms with van der Waals surface area (Å²) in [6, 6.07) is 14.1. The molecule has 0 amide bonds. The molecule has 1 aliphatic heterocycles. The van der Waals surface area contributed by atoms with Crippen molar-refractivity contribution in [2.24, 2.45) is 5.73 Å². The van der Waals surface area contributed by atoms with Crippen LogP contribution in [0.3, 0.4) is 0 Å². The van der Waals surface area contributed by atoms with Crippen molar-refractivity contribution < 1.29 is 14.2 Å². The van der Waals surface area contributed by atoms with Crippen LogP contribution >= 0.6 is 0 Å². The molecule has 0 radical (unpaired) electrons. The maximum Gasteiger partial charge on any atom is 0.231 e. The highest BCUT2D eigenvalue weighted by atomic mass is 16.7. The van der Waals surface area contributed by atoms with E-state index in [1.165, 1.54) is 11.1 Å². The topological polar surface area (TPSA) is 53.7 Å². The highest BCUT2D eigenvalue weighted by Gasteiger charge is 2.17. The van der Waals surface area contributed by atoms with E-state index in [4.69, 9.17) is 19.9 Å². The molecule has 0 spiro atoms. The first-order valence-corrected chi connectivity index (χ1v) is 7.02. The van der Waals surface area contributed by atoms with Crippen molar-refractivity contribution >= 4 is 0 Å². The van der Waals surface area contributed by atoms with Crippen LogP contribution in [0.5, 0.6) is 17.2 Å². The Labute approximate surface area is 124 Å². The van der Waals surface area contributed by atoms with Crippen molar-refractivity contribution in [3.8, 4) is 17.2 Å². The van der Waals surface area contributed by atoms with Crippen molar-refractivity contribution in [3.63, 3.8) is 0 Å². The molecular weight excluding hydrogens is 266 g/mol. The van der Waals surface area contributed by atoms with Gasteiger partial charge in [-0.1, -0.05) is 18.2 Å². The summed E-state index contributed by atoms with van der Waals surface area (Å²) in [6.07, 6.45) is 0.868. The number of rotatable bonds is 5. The average Bonchev–Trinajstić information content (AvgIpc) is 3.00. The Morgan fingerprint density at radius 1 is 1.14 bits per heavy atom. The standard InChI is InChI=1S/C17H19NO3/c1-19-15-4-2-3-12(8-15)7-14(10-18)13-5-6-16-17(9-13)21-11-20-16/h2-6,8-9,14H,7,10-11,18H2,1H3. The fraction of sp³-hybridized carbons (Fsp3) is 0.294. The van der Waals surface area contributed by atoms with E-state index in [0.29, 0.717) is 13.3 Å². The molecule has 3 rings (SSSR count). The van der Waals surface area contributed by atoms with Crippen LogP contribution in [-0.4, -0.2) is 20.4 Å². The van der Waals surface area contributed by atoms with Gasteiger partial charge in [-0.25, -0.2) is 0 Å². The van der Waals surface area contributed by atoms with Crippen LogP contribution in [-0.2, 0) is 6.42 Å². The number of fused-ring (bicyclic) bond motifs is 1. The minimum absolute atomic E-state index is 0.242. The molecule has 0 aromatic heterocycles. The quantitative estimate of drug-likeness (QED) is 0.917. The lowest BCUT2D eigenvalue weighted by molar-refractivity contribution is 0.174. The van der Waals surface area contributed by atoms with Gasteiger partial charge in [0.05, 0.1) is 7.11 Å². The highest BCUT2D eigenvalue weighted by molar-refractivity contribution is 5.46. The van der Waals surface area contributed by atoms with Gasteiger partial charge in [-0.2, -0.15) is 0 Å². The van der Waals surface area contributed by atoms with E-state index >= 15 is 0 Å². The third kappa shape index (κ3) is 2.95. The van der Waals surface area contributed by atoms with E-state index < -0.39 is 0 Å². The largest absolute Gasteiger partial charge is 0.497 e. The maximum atomic E-state index is 5.97. The molecule has 1 unspecified atom stereocenters. The number of hydrogen-bond acceptors (Lipinski definition) is 4. The van der Waals surface area contributed by atoms with Gasteiger partial charge in [0.15, 0.2) is 11.5 Å². The average molecular weight is 285 g/mol. The second-order valence-corrected chi connectivity index (χ2v) is 5.10.